The molecule has 1 N–H and O–H groups in total. The number of anilines is 1. The Morgan fingerprint density at radius 3 is 2.77 bits per heavy atom. The number of ether oxygens (including phenoxy) is 2. The van der Waals surface area contributed by atoms with E-state index < -0.39 is 5.97 Å². The molecule has 4 aromatic rings. The highest BCUT2D eigenvalue weighted by Gasteiger charge is 2.14. The molecule has 0 bridgehead atoms. The Kier molecular flexibility index (Phi) is 6.44. The first-order chi connectivity index (χ1) is 15.1. The van der Waals surface area contributed by atoms with Crippen molar-refractivity contribution in [2.75, 3.05) is 12.5 Å². The molecule has 0 aliphatic carbocycles. The van der Waals surface area contributed by atoms with Crippen LogP contribution >= 0.6 is 27.3 Å². The van der Waals surface area contributed by atoms with Gasteiger partial charge in [0.1, 0.15) is 0 Å². The molecule has 0 radical (unpaired) electrons. The number of furan rings is 1. The standard InChI is InChI=1S/C22H16BrN3O4S/c1-28-20-11-14(4-9-18(20)30-21(27)19-3-2-10-29-19)12-24-26-22-25-17(13-31-22)15-5-7-16(23)8-6-15/h2-13H,1H3,(H,25,26). The molecule has 0 aliphatic heterocycles. The first-order valence-electron chi connectivity index (χ1n) is 9.06. The van der Waals surface area contributed by atoms with Crippen LogP contribution in [0.1, 0.15) is 16.1 Å². The van der Waals surface area contributed by atoms with Crippen LogP contribution in [0.2, 0.25) is 0 Å². The maximum atomic E-state index is 12.1. The number of benzene rings is 2. The largest absolute Gasteiger partial charge is 0.493 e. The summed E-state index contributed by atoms with van der Waals surface area (Å²) >= 11 is 4.89. The van der Waals surface area contributed by atoms with Crippen molar-refractivity contribution in [2.24, 2.45) is 5.10 Å². The topological polar surface area (TPSA) is 86.0 Å². The van der Waals surface area contributed by atoms with Gasteiger partial charge in [-0.25, -0.2) is 9.78 Å². The van der Waals surface area contributed by atoms with Gasteiger partial charge in [-0.3, -0.25) is 5.43 Å². The summed E-state index contributed by atoms with van der Waals surface area (Å²) in [5.41, 5.74) is 5.59. The zero-order valence-electron chi connectivity index (χ0n) is 16.2. The van der Waals surface area contributed by atoms with Crippen LogP contribution in [-0.2, 0) is 0 Å². The van der Waals surface area contributed by atoms with Crippen molar-refractivity contribution in [3.8, 4) is 22.8 Å². The van der Waals surface area contributed by atoms with E-state index in [1.54, 1.807) is 30.5 Å². The Hall–Kier alpha value is -3.43. The fourth-order valence-electron chi connectivity index (χ4n) is 2.63. The van der Waals surface area contributed by atoms with Gasteiger partial charge in [-0.05, 0) is 48.0 Å². The van der Waals surface area contributed by atoms with Crippen molar-refractivity contribution in [1.82, 2.24) is 4.98 Å². The Morgan fingerprint density at radius 2 is 2.03 bits per heavy atom. The van der Waals surface area contributed by atoms with Gasteiger partial charge >= 0.3 is 5.97 Å². The minimum Gasteiger partial charge on any atom is -0.493 e. The molecular weight excluding hydrogens is 482 g/mol. The molecule has 0 amide bonds. The van der Waals surface area contributed by atoms with Gasteiger partial charge in [-0.2, -0.15) is 5.10 Å². The molecule has 2 aromatic carbocycles. The molecule has 0 fully saturated rings. The van der Waals surface area contributed by atoms with Gasteiger partial charge in [0, 0.05) is 15.4 Å². The smallest absolute Gasteiger partial charge is 0.379 e. The Bertz CT molecular complexity index is 1200. The van der Waals surface area contributed by atoms with Crippen molar-refractivity contribution in [3.05, 3.63) is 82.0 Å². The molecule has 0 atom stereocenters. The highest BCUT2D eigenvalue weighted by molar-refractivity contribution is 9.10. The second-order valence-electron chi connectivity index (χ2n) is 6.19. The molecule has 31 heavy (non-hydrogen) atoms. The minimum atomic E-state index is -0.600. The molecule has 9 heteroatoms. The number of nitrogens with one attached hydrogen (secondary N) is 1. The Labute approximate surface area is 190 Å². The molecule has 4 rings (SSSR count). The van der Waals surface area contributed by atoms with Crippen LogP contribution in [0.5, 0.6) is 11.5 Å². The van der Waals surface area contributed by atoms with Gasteiger partial charge in [-0.15, -0.1) is 11.3 Å². The first-order valence-corrected chi connectivity index (χ1v) is 10.7. The molecule has 2 heterocycles. The number of hydrogen-bond donors (Lipinski definition) is 1. The van der Waals surface area contributed by atoms with Gasteiger partial charge in [0.2, 0.25) is 10.9 Å². The number of nitrogens with zero attached hydrogens (tertiary/aromatic N) is 2. The lowest BCUT2D eigenvalue weighted by atomic mass is 10.2. The predicted octanol–water partition coefficient (Wildman–Crippen LogP) is 5.84. The second kappa shape index (κ2) is 9.59. The number of methoxy groups -OCH3 is 1. The summed E-state index contributed by atoms with van der Waals surface area (Å²) < 4.78 is 16.7. The molecule has 156 valence electrons. The summed E-state index contributed by atoms with van der Waals surface area (Å²) in [6.45, 7) is 0. The lowest BCUT2D eigenvalue weighted by Crippen LogP contribution is -2.08. The normalized spacial score (nSPS) is 10.9. The molecule has 0 aliphatic rings. The van der Waals surface area contributed by atoms with E-state index in [-0.39, 0.29) is 11.5 Å². The van der Waals surface area contributed by atoms with E-state index >= 15 is 0 Å². The van der Waals surface area contributed by atoms with Crippen LogP contribution in [0.3, 0.4) is 0 Å². The summed E-state index contributed by atoms with van der Waals surface area (Å²) in [4.78, 5) is 16.6. The zero-order valence-corrected chi connectivity index (χ0v) is 18.6. The molecule has 2 aromatic heterocycles. The Morgan fingerprint density at radius 1 is 1.19 bits per heavy atom. The number of rotatable bonds is 7. The van der Waals surface area contributed by atoms with Crippen LogP contribution in [0.15, 0.2) is 80.2 Å². The summed E-state index contributed by atoms with van der Waals surface area (Å²) in [6, 6.07) is 16.2. The van der Waals surface area contributed by atoms with Crippen LogP contribution < -0.4 is 14.9 Å². The number of carbonyl (C=O) groups is 1. The van der Waals surface area contributed by atoms with E-state index in [0.717, 1.165) is 21.3 Å². The van der Waals surface area contributed by atoms with Crippen LogP contribution in [0, 0.1) is 0 Å². The predicted molar refractivity (Wildman–Crippen MR) is 123 cm³/mol. The maximum Gasteiger partial charge on any atom is 0.379 e. The molecule has 0 saturated heterocycles. The third kappa shape index (κ3) is 5.19. The molecule has 0 saturated carbocycles. The van der Waals surface area contributed by atoms with Gasteiger partial charge in [0.15, 0.2) is 11.5 Å². The van der Waals surface area contributed by atoms with Crippen LogP contribution in [0.25, 0.3) is 11.3 Å². The monoisotopic (exact) mass is 497 g/mol. The fraction of sp³-hybridized carbons (Fsp3) is 0.0455. The molecule has 0 spiro atoms. The molecular formula is C22H16BrN3O4S. The van der Waals surface area contributed by atoms with Gasteiger partial charge < -0.3 is 13.9 Å². The summed E-state index contributed by atoms with van der Waals surface area (Å²) in [6.07, 6.45) is 3.03. The quantitative estimate of drug-likeness (QED) is 0.149. The van der Waals surface area contributed by atoms with E-state index in [9.17, 15) is 4.79 Å². The van der Waals surface area contributed by atoms with Gasteiger partial charge in [0.25, 0.3) is 0 Å². The summed E-state index contributed by atoms with van der Waals surface area (Å²) in [5, 5.41) is 6.86. The number of esters is 1. The fourth-order valence-corrected chi connectivity index (χ4v) is 3.57. The maximum absolute atomic E-state index is 12.1. The first kappa shape index (κ1) is 20.8. The summed E-state index contributed by atoms with van der Waals surface area (Å²) in [7, 11) is 1.50. The lowest BCUT2D eigenvalue weighted by molar-refractivity contribution is 0.0696. The number of carbonyl (C=O) groups excluding carboxylic acids is 1. The van der Waals surface area contributed by atoms with Crippen LogP contribution in [-0.4, -0.2) is 24.3 Å². The lowest BCUT2D eigenvalue weighted by Gasteiger charge is -2.08. The number of hydrogen-bond acceptors (Lipinski definition) is 8. The summed E-state index contributed by atoms with van der Waals surface area (Å²) in [5.74, 6) is 0.197. The molecule has 0 unspecified atom stereocenters. The molecule has 7 nitrogen and oxygen atoms in total. The Balaban J connectivity index is 1.41. The van der Waals surface area contributed by atoms with E-state index in [2.05, 4.69) is 31.4 Å². The van der Waals surface area contributed by atoms with Crippen molar-refractivity contribution < 1.29 is 18.7 Å². The van der Waals surface area contributed by atoms with E-state index in [0.29, 0.717) is 10.9 Å². The van der Waals surface area contributed by atoms with Crippen molar-refractivity contribution >= 4 is 44.6 Å². The third-order valence-electron chi connectivity index (χ3n) is 4.13. The number of halogens is 1. The van der Waals surface area contributed by atoms with Crippen molar-refractivity contribution in [1.29, 1.82) is 0 Å². The minimum absolute atomic E-state index is 0.114. The van der Waals surface area contributed by atoms with E-state index in [1.807, 2.05) is 29.6 Å². The van der Waals surface area contributed by atoms with Gasteiger partial charge in [0.05, 0.1) is 25.3 Å². The van der Waals surface area contributed by atoms with Crippen LogP contribution in [0.4, 0.5) is 5.13 Å². The average molecular weight is 498 g/mol. The third-order valence-corrected chi connectivity index (χ3v) is 5.41. The van der Waals surface area contributed by atoms with E-state index in [1.165, 1.54) is 30.8 Å². The second-order valence-corrected chi connectivity index (χ2v) is 7.97. The SMILES string of the molecule is COc1cc(C=NNc2nc(-c3ccc(Br)cc3)cs2)ccc1OC(=O)c1ccco1. The highest BCUT2D eigenvalue weighted by Crippen LogP contribution is 2.29. The average Bonchev–Trinajstić information content (AvgIpc) is 3.48. The van der Waals surface area contributed by atoms with Crippen molar-refractivity contribution in [3.63, 3.8) is 0 Å². The highest BCUT2D eigenvalue weighted by atomic mass is 79.9. The number of thiazole rings is 1. The number of hydrazone groups is 1. The van der Waals surface area contributed by atoms with Crippen molar-refractivity contribution in [2.45, 2.75) is 0 Å². The van der Waals surface area contributed by atoms with E-state index in [4.69, 9.17) is 13.9 Å². The zero-order chi connectivity index (χ0) is 21.6. The number of aromatic nitrogens is 1. The van der Waals surface area contributed by atoms with Gasteiger partial charge in [-0.1, -0.05) is 28.1 Å².